The van der Waals surface area contributed by atoms with E-state index in [0.717, 1.165) is 24.6 Å². The van der Waals surface area contributed by atoms with Gasteiger partial charge >= 0.3 is 0 Å². The van der Waals surface area contributed by atoms with Gasteiger partial charge in [0.05, 0.1) is 0 Å². The summed E-state index contributed by atoms with van der Waals surface area (Å²) in [5.41, 5.74) is 2.40. The van der Waals surface area contributed by atoms with Gasteiger partial charge in [-0.25, -0.2) is 9.97 Å². The molecule has 4 nitrogen and oxygen atoms in total. The van der Waals surface area contributed by atoms with Gasteiger partial charge < -0.3 is 4.90 Å². The highest BCUT2D eigenvalue weighted by Crippen LogP contribution is 2.28. The van der Waals surface area contributed by atoms with E-state index in [0.29, 0.717) is 5.92 Å². The summed E-state index contributed by atoms with van der Waals surface area (Å²) in [5, 5.41) is 0. The van der Waals surface area contributed by atoms with Crippen molar-refractivity contribution < 1.29 is 0 Å². The van der Waals surface area contributed by atoms with Gasteiger partial charge in [0.1, 0.15) is 12.1 Å². The topological polar surface area (TPSA) is 41.9 Å². The van der Waals surface area contributed by atoms with E-state index in [1.54, 1.807) is 6.33 Å². The number of anilines is 1. The molecular formula is C15H18N4. The van der Waals surface area contributed by atoms with Crippen molar-refractivity contribution in [2.45, 2.75) is 25.7 Å². The second-order valence-corrected chi connectivity index (χ2v) is 5.08. The van der Waals surface area contributed by atoms with Crippen LogP contribution in [0, 0.1) is 6.92 Å². The van der Waals surface area contributed by atoms with Crippen LogP contribution in [-0.4, -0.2) is 28.0 Å². The second kappa shape index (κ2) is 5.34. The number of piperidine rings is 1. The molecule has 2 aromatic heterocycles. The standard InChI is InChI=1S/C15H18N4/c1-12-9-15(18-11-17-12)19-8-2-3-14(10-19)13-4-6-16-7-5-13/h4-7,9,11,14H,2-3,8,10H2,1H3/t14-/m1/s1. The maximum Gasteiger partial charge on any atom is 0.132 e. The van der Waals surface area contributed by atoms with Crippen LogP contribution in [0.4, 0.5) is 5.82 Å². The first-order valence-electron chi connectivity index (χ1n) is 6.76. The number of nitrogens with zero attached hydrogens (tertiary/aromatic N) is 4. The van der Waals surface area contributed by atoms with E-state index in [-0.39, 0.29) is 0 Å². The first kappa shape index (κ1) is 12.1. The number of pyridine rings is 1. The molecule has 0 saturated carbocycles. The van der Waals surface area contributed by atoms with Crippen LogP contribution in [0.25, 0.3) is 0 Å². The van der Waals surface area contributed by atoms with Gasteiger partial charge in [-0.05, 0) is 37.5 Å². The van der Waals surface area contributed by atoms with Crippen molar-refractivity contribution in [2.24, 2.45) is 0 Å². The predicted octanol–water partition coefficient (Wildman–Crippen LogP) is 2.56. The molecule has 0 spiro atoms. The molecule has 1 aliphatic heterocycles. The fraction of sp³-hybridized carbons (Fsp3) is 0.400. The summed E-state index contributed by atoms with van der Waals surface area (Å²) in [4.78, 5) is 15.0. The molecule has 1 fully saturated rings. The maximum atomic E-state index is 4.39. The minimum absolute atomic E-state index is 0.576. The monoisotopic (exact) mass is 254 g/mol. The Morgan fingerprint density at radius 1 is 1.21 bits per heavy atom. The van der Waals surface area contributed by atoms with Crippen LogP contribution in [0.5, 0.6) is 0 Å². The number of hydrogen-bond acceptors (Lipinski definition) is 4. The fourth-order valence-electron chi connectivity index (χ4n) is 2.71. The molecular weight excluding hydrogens is 236 g/mol. The van der Waals surface area contributed by atoms with Crippen LogP contribution < -0.4 is 4.90 Å². The zero-order chi connectivity index (χ0) is 13.1. The number of hydrogen-bond donors (Lipinski definition) is 0. The van der Waals surface area contributed by atoms with Crippen molar-refractivity contribution in [1.29, 1.82) is 0 Å². The minimum atomic E-state index is 0.576. The Morgan fingerprint density at radius 2 is 2.05 bits per heavy atom. The molecule has 1 saturated heterocycles. The highest BCUT2D eigenvalue weighted by molar-refractivity contribution is 5.40. The second-order valence-electron chi connectivity index (χ2n) is 5.08. The lowest BCUT2D eigenvalue weighted by Crippen LogP contribution is -2.35. The fourth-order valence-corrected chi connectivity index (χ4v) is 2.71. The predicted molar refractivity (Wildman–Crippen MR) is 75.2 cm³/mol. The first-order valence-corrected chi connectivity index (χ1v) is 6.76. The van der Waals surface area contributed by atoms with Gasteiger partial charge in [-0.15, -0.1) is 0 Å². The van der Waals surface area contributed by atoms with Crippen molar-refractivity contribution >= 4 is 5.82 Å². The Balaban J connectivity index is 1.78. The molecule has 2 aromatic rings. The van der Waals surface area contributed by atoms with Crippen LogP contribution >= 0.6 is 0 Å². The molecule has 19 heavy (non-hydrogen) atoms. The number of rotatable bonds is 2. The van der Waals surface area contributed by atoms with Gasteiger partial charge in [-0.1, -0.05) is 0 Å². The molecule has 0 amide bonds. The van der Waals surface area contributed by atoms with Gasteiger partial charge in [0, 0.05) is 43.2 Å². The lowest BCUT2D eigenvalue weighted by molar-refractivity contribution is 0.506. The summed E-state index contributed by atoms with van der Waals surface area (Å²) in [5.74, 6) is 1.62. The Morgan fingerprint density at radius 3 is 2.84 bits per heavy atom. The summed E-state index contributed by atoms with van der Waals surface area (Å²) in [7, 11) is 0. The molecule has 3 heterocycles. The number of aryl methyl sites for hydroxylation is 1. The minimum Gasteiger partial charge on any atom is -0.356 e. The van der Waals surface area contributed by atoms with Crippen LogP contribution in [0.2, 0.25) is 0 Å². The molecule has 1 aliphatic rings. The Hall–Kier alpha value is -1.97. The average molecular weight is 254 g/mol. The summed E-state index contributed by atoms with van der Waals surface area (Å²) >= 11 is 0. The molecule has 0 bridgehead atoms. The van der Waals surface area contributed by atoms with E-state index >= 15 is 0 Å². The molecule has 3 rings (SSSR count). The van der Waals surface area contributed by atoms with Gasteiger partial charge in [0.15, 0.2) is 0 Å². The van der Waals surface area contributed by atoms with Gasteiger partial charge in [-0.2, -0.15) is 0 Å². The summed E-state index contributed by atoms with van der Waals surface area (Å²) in [6, 6.07) is 6.31. The third kappa shape index (κ3) is 2.72. The lowest BCUT2D eigenvalue weighted by atomic mass is 9.91. The zero-order valence-corrected chi connectivity index (χ0v) is 11.2. The van der Waals surface area contributed by atoms with E-state index < -0.39 is 0 Å². The lowest BCUT2D eigenvalue weighted by Gasteiger charge is -2.33. The summed E-state index contributed by atoms with van der Waals surface area (Å²) < 4.78 is 0. The van der Waals surface area contributed by atoms with E-state index in [1.165, 1.54) is 18.4 Å². The number of aromatic nitrogens is 3. The van der Waals surface area contributed by atoms with Crippen LogP contribution in [0.1, 0.15) is 30.0 Å². The van der Waals surface area contributed by atoms with Gasteiger partial charge in [0.25, 0.3) is 0 Å². The highest BCUT2D eigenvalue weighted by atomic mass is 15.2. The van der Waals surface area contributed by atoms with Crippen LogP contribution in [-0.2, 0) is 0 Å². The molecule has 0 N–H and O–H groups in total. The highest BCUT2D eigenvalue weighted by Gasteiger charge is 2.22. The largest absolute Gasteiger partial charge is 0.356 e. The van der Waals surface area contributed by atoms with Crippen molar-refractivity contribution in [2.75, 3.05) is 18.0 Å². The Bertz CT molecular complexity index is 541. The molecule has 4 heteroatoms. The van der Waals surface area contributed by atoms with E-state index in [1.807, 2.05) is 19.3 Å². The molecule has 0 radical (unpaired) electrons. The van der Waals surface area contributed by atoms with Crippen molar-refractivity contribution in [3.63, 3.8) is 0 Å². The summed E-state index contributed by atoms with van der Waals surface area (Å²) in [6.45, 7) is 4.12. The third-order valence-electron chi connectivity index (χ3n) is 3.71. The Kier molecular flexibility index (Phi) is 3.40. The Labute approximate surface area is 113 Å². The van der Waals surface area contributed by atoms with Crippen LogP contribution in [0.15, 0.2) is 36.9 Å². The van der Waals surface area contributed by atoms with E-state index in [2.05, 4.69) is 38.1 Å². The van der Waals surface area contributed by atoms with E-state index in [9.17, 15) is 0 Å². The van der Waals surface area contributed by atoms with E-state index in [4.69, 9.17) is 0 Å². The zero-order valence-electron chi connectivity index (χ0n) is 11.2. The van der Waals surface area contributed by atoms with Crippen molar-refractivity contribution in [3.05, 3.63) is 48.2 Å². The average Bonchev–Trinajstić information content (AvgIpc) is 2.48. The summed E-state index contributed by atoms with van der Waals surface area (Å²) in [6.07, 6.45) is 7.85. The molecule has 98 valence electrons. The third-order valence-corrected chi connectivity index (χ3v) is 3.71. The molecule has 0 unspecified atom stereocenters. The SMILES string of the molecule is Cc1cc(N2CCC[C@@H](c3ccncc3)C2)ncn1. The normalized spacial score (nSPS) is 19.4. The maximum absolute atomic E-state index is 4.39. The van der Waals surface area contributed by atoms with Gasteiger partial charge in [-0.3, -0.25) is 4.98 Å². The van der Waals surface area contributed by atoms with Crippen molar-refractivity contribution in [3.8, 4) is 0 Å². The van der Waals surface area contributed by atoms with Crippen LogP contribution in [0.3, 0.4) is 0 Å². The van der Waals surface area contributed by atoms with Gasteiger partial charge in [0.2, 0.25) is 0 Å². The molecule has 0 aromatic carbocycles. The molecule has 0 aliphatic carbocycles. The molecule has 1 atom stereocenters. The smallest absolute Gasteiger partial charge is 0.132 e. The quantitative estimate of drug-likeness (QED) is 0.826. The van der Waals surface area contributed by atoms with Crippen molar-refractivity contribution in [1.82, 2.24) is 15.0 Å². The first-order chi connectivity index (χ1) is 9.33.